The molecule has 0 bridgehead atoms. The lowest BCUT2D eigenvalue weighted by Crippen LogP contribution is -2.21. The number of hydrogen-bond donors (Lipinski definition) is 1. The van der Waals surface area contributed by atoms with Crippen LogP contribution in [0.1, 0.15) is 29.8 Å². The molecule has 148 valence electrons. The summed E-state index contributed by atoms with van der Waals surface area (Å²) in [4.78, 5) is 34.0. The molecule has 0 aliphatic heterocycles. The van der Waals surface area contributed by atoms with Gasteiger partial charge >= 0.3 is 5.97 Å². The van der Waals surface area contributed by atoms with Crippen LogP contribution in [0, 0.1) is 10.1 Å². The molecule has 0 aliphatic rings. The number of hydrogen-bond acceptors (Lipinski definition) is 6. The van der Waals surface area contributed by atoms with Crippen molar-refractivity contribution < 1.29 is 24.0 Å². The molecule has 2 aromatic rings. The van der Waals surface area contributed by atoms with Crippen LogP contribution < -0.4 is 5.32 Å². The highest BCUT2D eigenvalue weighted by Crippen LogP contribution is 2.26. The highest BCUT2D eigenvalue weighted by Gasteiger charge is 2.14. The van der Waals surface area contributed by atoms with Gasteiger partial charge in [0.1, 0.15) is 0 Å². The van der Waals surface area contributed by atoms with Crippen LogP contribution in [0.25, 0.3) is 0 Å². The molecule has 9 heteroatoms. The lowest BCUT2D eigenvalue weighted by molar-refractivity contribution is -0.384. The van der Waals surface area contributed by atoms with Crippen LogP contribution in [-0.2, 0) is 20.9 Å². The third-order valence-corrected chi connectivity index (χ3v) is 3.86. The molecule has 0 fully saturated rings. The average Bonchev–Trinajstić information content (AvgIpc) is 2.66. The minimum absolute atomic E-state index is 0.00748. The van der Waals surface area contributed by atoms with E-state index in [4.69, 9.17) is 21.1 Å². The molecule has 0 aliphatic carbocycles. The number of carbonyl (C=O) groups is 2. The lowest BCUT2D eigenvalue weighted by Gasteiger charge is -2.09. The summed E-state index contributed by atoms with van der Waals surface area (Å²) in [5, 5.41) is 13.1. The molecular weight excluding hydrogens is 388 g/mol. The summed E-state index contributed by atoms with van der Waals surface area (Å²) in [5.74, 6) is -1.27. The van der Waals surface area contributed by atoms with Gasteiger partial charge in [0.25, 0.3) is 11.6 Å². The van der Waals surface area contributed by atoms with Crippen molar-refractivity contribution >= 4 is 34.9 Å². The Hall–Kier alpha value is -2.97. The van der Waals surface area contributed by atoms with E-state index >= 15 is 0 Å². The van der Waals surface area contributed by atoms with E-state index in [1.54, 1.807) is 24.3 Å². The SMILES string of the molecule is CC(C)OCc1ccc(C(=O)OCC(=O)Nc2ccc([N+](=O)[O-])cc2Cl)cc1. The van der Waals surface area contributed by atoms with Crippen molar-refractivity contribution in [3.05, 3.63) is 68.7 Å². The van der Waals surface area contributed by atoms with E-state index < -0.39 is 23.4 Å². The van der Waals surface area contributed by atoms with E-state index in [0.29, 0.717) is 12.2 Å². The number of nitrogens with zero attached hydrogens (tertiary/aromatic N) is 1. The zero-order valence-corrected chi connectivity index (χ0v) is 16.1. The minimum Gasteiger partial charge on any atom is -0.452 e. The first-order valence-corrected chi connectivity index (χ1v) is 8.75. The van der Waals surface area contributed by atoms with Gasteiger partial charge in [-0.1, -0.05) is 23.7 Å². The van der Waals surface area contributed by atoms with E-state index in [9.17, 15) is 19.7 Å². The number of nitro groups is 1. The fourth-order valence-corrected chi connectivity index (χ4v) is 2.34. The van der Waals surface area contributed by atoms with Crippen LogP contribution in [0.3, 0.4) is 0 Å². The van der Waals surface area contributed by atoms with Crippen LogP contribution in [0.4, 0.5) is 11.4 Å². The fraction of sp³-hybridized carbons (Fsp3) is 0.263. The molecule has 0 heterocycles. The van der Waals surface area contributed by atoms with Gasteiger partial charge in [-0.15, -0.1) is 0 Å². The quantitative estimate of drug-likeness (QED) is 0.403. The van der Waals surface area contributed by atoms with E-state index in [1.165, 1.54) is 12.1 Å². The summed E-state index contributed by atoms with van der Waals surface area (Å²) in [6, 6.07) is 10.3. The number of anilines is 1. The van der Waals surface area contributed by atoms with E-state index in [0.717, 1.165) is 11.6 Å². The Balaban J connectivity index is 1.87. The molecule has 0 unspecified atom stereocenters. The van der Waals surface area contributed by atoms with E-state index in [1.807, 2.05) is 13.8 Å². The molecule has 1 amide bonds. The van der Waals surface area contributed by atoms with Gasteiger partial charge in [-0.05, 0) is 37.6 Å². The van der Waals surface area contributed by atoms with Crippen molar-refractivity contribution in [1.82, 2.24) is 0 Å². The molecule has 8 nitrogen and oxygen atoms in total. The summed E-state index contributed by atoms with van der Waals surface area (Å²) in [5.41, 5.74) is 1.20. The number of ether oxygens (including phenoxy) is 2. The summed E-state index contributed by atoms with van der Waals surface area (Å²) in [6.45, 7) is 3.77. The fourth-order valence-electron chi connectivity index (χ4n) is 2.12. The number of nitrogens with one attached hydrogen (secondary N) is 1. The van der Waals surface area contributed by atoms with Crippen molar-refractivity contribution in [2.24, 2.45) is 0 Å². The Morgan fingerprint density at radius 1 is 1.18 bits per heavy atom. The van der Waals surface area contributed by atoms with Gasteiger partial charge in [-0.25, -0.2) is 4.79 Å². The maximum absolute atomic E-state index is 12.0. The predicted molar refractivity (Wildman–Crippen MR) is 103 cm³/mol. The molecule has 0 saturated carbocycles. The average molecular weight is 407 g/mol. The van der Waals surface area contributed by atoms with Crippen molar-refractivity contribution in [2.45, 2.75) is 26.6 Å². The van der Waals surface area contributed by atoms with Gasteiger partial charge in [-0.2, -0.15) is 0 Å². The highest BCUT2D eigenvalue weighted by molar-refractivity contribution is 6.34. The number of amides is 1. The van der Waals surface area contributed by atoms with E-state index in [2.05, 4.69) is 5.32 Å². The molecular formula is C19H19ClN2O6. The van der Waals surface area contributed by atoms with Gasteiger partial charge in [0, 0.05) is 12.1 Å². The summed E-state index contributed by atoms with van der Waals surface area (Å²) in [6.07, 6.45) is 0.104. The summed E-state index contributed by atoms with van der Waals surface area (Å²) < 4.78 is 10.4. The van der Waals surface area contributed by atoms with Gasteiger partial charge in [0.15, 0.2) is 6.61 Å². The summed E-state index contributed by atoms with van der Waals surface area (Å²) in [7, 11) is 0. The van der Waals surface area contributed by atoms with Gasteiger partial charge in [-0.3, -0.25) is 14.9 Å². The Morgan fingerprint density at radius 3 is 2.43 bits per heavy atom. The van der Waals surface area contributed by atoms with Gasteiger partial charge in [0.2, 0.25) is 0 Å². The smallest absolute Gasteiger partial charge is 0.338 e. The zero-order valence-electron chi connectivity index (χ0n) is 15.3. The van der Waals surface area contributed by atoms with Gasteiger partial charge < -0.3 is 14.8 Å². The van der Waals surface area contributed by atoms with Crippen molar-refractivity contribution in [3.8, 4) is 0 Å². The number of nitro benzene ring substituents is 1. The molecule has 0 atom stereocenters. The topological polar surface area (TPSA) is 108 Å². The minimum atomic E-state index is -0.652. The largest absolute Gasteiger partial charge is 0.452 e. The number of carbonyl (C=O) groups excluding carboxylic acids is 2. The van der Waals surface area contributed by atoms with Crippen LogP contribution in [-0.4, -0.2) is 29.5 Å². The second kappa shape index (κ2) is 9.82. The Labute approximate surface area is 166 Å². The molecule has 0 saturated heterocycles. The van der Waals surface area contributed by atoms with Crippen molar-refractivity contribution in [3.63, 3.8) is 0 Å². The molecule has 28 heavy (non-hydrogen) atoms. The Bertz CT molecular complexity index is 867. The molecule has 2 aromatic carbocycles. The molecule has 2 rings (SSSR count). The number of non-ortho nitro benzene ring substituents is 1. The van der Waals surface area contributed by atoms with Crippen LogP contribution in [0.15, 0.2) is 42.5 Å². The second-order valence-corrected chi connectivity index (χ2v) is 6.51. The second-order valence-electron chi connectivity index (χ2n) is 6.10. The number of halogens is 1. The van der Waals surface area contributed by atoms with Gasteiger partial charge in [0.05, 0.1) is 33.9 Å². The summed E-state index contributed by atoms with van der Waals surface area (Å²) >= 11 is 5.90. The molecule has 1 N–H and O–H groups in total. The predicted octanol–water partition coefficient (Wildman–Crippen LogP) is 3.97. The first kappa shape index (κ1) is 21.3. The number of rotatable bonds is 8. The van der Waals surface area contributed by atoms with E-state index in [-0.39, 0.29) is 22.5 Å². The standard InChI is InChI=1S/C19H19ClN2O6/c1-12(2)27-10-13-3-5-14(6-4-13)19(24)28-11-18(23)21-17-8-7-15(22(25)26)9-16(17)20/h3-9,12H,10-11H2,1-2H3,(H,21,23). The first-order chi connectivity index (χ1) is 13.3. The van der Waals surface area contributed by atoms with Crippen LogP contribution >= 0.6 is 11.6 Å². The Morgan fingerprint density at radius 2 is 1.86 bits per heavy atom. The third kappa shape index (κ3) is 6.33. The lowest BCUT2D eigenvalue weighted by atomic mass is 10.1. The molecule has 0 spiro atoms. The maximum atomic E-state index is 12.0. The van der Waals surface area contributed by atoms with Crippen LogP contribution in [0.5, 0.6) is 0 Å². The molecule has 0 radical (unpaired) electrons. The van der Waals surface area contributed by atoms with Crippen molar-refractivity contribution in [2.75, 3.05) is 11.9 Å². The zero-order chi connectivity index (χ0) is 20.7. The highest BCUT2D eigenvalue weighted by atomic mass is 35.5. The Kier molecular flexibility index (Phi) is 7.48. The first-order valence-electron chi connectivity index (χ1n) is 8.37. The monoisotopic (exact) mass is 406 g/mol. The normalized spacial score (nSPS) is 10.6. The van der Waals surface area contributed by atoms with Crippen molar-refractivity contribution in [1.29, 1.82) is 0 Å². The number of benzene rings is 2. The maximum Gasteiger partial charge on any atom is 0.338 e. The molecule has 0 aromatic heterocycles. The van der Waals surface area contributed by atoms with Crippen LogP contribution in [0.2, 0.25) is 5.02 Å². The number of esters is 1. The third-order valence-electron chi connectivity index (χ3n) is 3.54.